The van der Waals surface area contributed by atoms with Gasteiger partial charge in [0.1, 0.15) is 5.37 Å². The number of ether oxygens (including phenoxy) is 1. The molecule has 2 heterocycles. The number of hydrogen-bond donors (Lipinski definition) is 1. The summed E-state index contributed by atoms with van der Waals surface area (Å²) in [5.74, 6) is -1.88. The lowest BCUT2D eigenvalue weighted by Crippen LogP contribution is -2.40. The Balaban J connectivity index is 1.97. The zero-order chi connectivity index (χ0) is 19.6. The van der Waals surface area contributed by atoms with Crippen LogP contribution in [0.25, 0.3) is 0 Å². The maximum Gasteiger partial charge on any atom is 0.308 e. The van der Waals surface area contributed by atoms with Crippen molar-refractivity contribution in [1.29, 1.82) is 0 Å². The fraction of sp³-hybridized carbons (Fsp3) is 0.421. The Hall–Kier alpha value is -1.83. The summed E-state index contributed by atoms with van der Waals surface area (Å²) < 4.78 is 5.63. The Labute approximate surface area is 166 Å². The lowest BCUT2D eigenvalue weighted by molar-refractivity contribution is -0.137. The molecule has 6 nitrogen and oxygen atoms in total. The fourth-order valence-electron chi connectivity index (χ4n) is 3.46. The molecule has 0 radical (unpaired) electrons. The van der Waals surface area contributed by atoms with E-state index in [0.29, 0.717) is 23.7 Å². The summed E-state index contributed by atoms with van der Waals surface area (Å²) in [7, 11) is 0. The Morgan fingerprint density at radius 1 is 1.33 bits per heavy atom. The lowest BCUT2D eigenvalue weighted by Gasteiger charge is -2.27. The number of benzene rings is 1. The van der Waals surface area contributed by atoms with Crippen LogP contribution >= 0.6 is 23.4 Å². The second-order valence-corrected chi connectivity index (χ2v) is 7.83. The van der Waals surface area contributed by atoms with Gasteiger partial charge in [0, 0.05) is 34.9 Å². The Morgan fingerprint density at radius 3 is 2.59 bits per heavy atom. The van der Waals surface area contributed by atoms with Crippen LogP contribution in [0.1, 0.15) is 29.6 Å². The molecule has 0 spiro atoms. The van der Waals surface area contributed by atoms with E-state index in [1.54, 1.807) is 35.4 Å². The largest absolute Gasteiger partial charge is 0.481 e. The number of Topliss-reactive ketones (excluding diaryl/α,β-unsaturated/α-hetero) is 1. The molecule has 1 N–H and O–H groups in total. The SMILES string of the molecule is CS[C@@H]1C(C(=O)c2ccc(Cl)cc2)=C(CC(=O)O)C(=O)N1C[C@@H]1CCCO1. The van der Waals surface area contributed by atoms with Crippen LogP contribution in [0.15, 0.2) is 35.4 Å². The molecule has 27 heavy (non-hydrogen) atoms. The zero-order valence-electron chi connectivity index (χ0n) is 14.8. The number of ketones is 1. The quantitative estimate of drug-likeness (QED) is 0.697. The van der Waals surface area contributed by atoms with Crippen LogP contribution in [0, 0.1) is 0 Å². The predicted octanol–water partition coefficient (Wildman–Crippen LogP) is 3.00. The molecule has 8 heteroatoms. The predicted molar refractivity (Wildman–Crippen MR) is 103 cm³/mol. The van der Waals surface area contributed by atoms with Crippen LogP contribution < -0.4 is 0 Å². The summed E-state index contributed by atoms with van der Waals surface area (Å²) in [4.78, 5) is 39.0. The van der Waals surface area contributed by atoms with E-state index in [2.05, 4.69) is 0 Å². The second kappa shape index (κ2) is 8.46. The maximum atomic E-state index is 13.1. The van der Waals surface area contributed by atoms with E-state index in [1.807, 2.05) is 0 Å². The summed E-state index contributed by atoms with van der Waals surface area (Å²) >= 11 is 7.23. The number of nitrogens with zero attached hydrogens (tertiary/aromatic N) is 1. The first-order valence-electron chi connectivity index (χ1n) is 8.62. The van der Waals surface area contributed by atoms with Crippen molar-refractivity contribution in [2.45, 2.75) is 30.7 Å². The van der Waals surface area contributed by atoms with Crippen LogP contribution in [0.5, 0.6) is 0 Å². The highest BCUT2D eigenvalue weighted by Gasteiger charge is 2.43. The van der Waals surface area contributed by atoms with Gasteiger partial charge < -0.3 is 14.7 Å². The molecule has 0 aromatic heterocycles. The van der Waals surface area contributed by atoms with E-state index < -0.39 is 23.7 Å². The maximum absolute atomic E-state index is 13.1. The number of aliphatic carboxylic acids is 1. The van der Waals surface area contributed by atoms with Crippen molar-refractivity contribution < 1.29 is 24.2 Å². The zero-order valence-corrected chi connectivity index (χ0v) is 16.4. The third kappa shape index (κ3) is 4.20. The summed E-state index contributed by atoms with van der Waals surface area (Å²) in [5, 5.41) is 9.23. The van der Waals surface area contributed by atoms with Crippen LogP contribution in [0.2, 0.25) is 5.02 Å². The topological polar surface area (TPSA) is 83.9 Å². The van der Waals surface area contributed by atoms with Gasteiger partial charge in [-0.2, -0.15) is 0 Å². The molecule has 1 saturated heterocycles. The van der Waals surface area contributed by atoms with Gasteiger partial charge in [-0.25, -0.2) is 0 Å². The van der Waals surface area contributed by atoms with Crippen molar-refractivity contribution in [3.8, 4) is 0 Å². The van der Waals surface area contributed by atoms with Crippen molar-refractivity contribution in [2.75, 3.05) is 19.4 Å². The van der Waals surface area contributed by atoms with Crippen LogP contribution in [-0.2, 0) is 14.3 Å². The number of carbonyl (C=O) groups is 3. The molecular weight excluding hydrogens is 390 g/mol. The molecule has 3 rings (SSSR count). The molecule has 0 saturated carbocycles. The highest BCUT2D eigenvalue weighted by atomic mass is 35.5. The molecule has 1 amide bonds. The van der Waals surface area contributed by atoms with E-state index in [1.165, 1.54) is 11.8 Å². The number of thioether (sulfide) groups is 1. The minimum Gasteiger partial charge on any atom is -0.481 e. The van der Waals surface area contributed by atoms with Crippen molar-refractivity contribution in [1.82, 2.24) is 4.90 Å². The molecule has 1 aromatic rings. The van der Waals surface area contributed by atoms with Gasteiger partial charge >= 0.3 is 5.97 Å². The van der Waals surface area contributed by atoms with E-state index in [9.17, 15) is 19.5 Å². The van der Waals surface area contributed by atoms with Gasteiger partial charge in [0.25, 0.3) is 5.91 Å². The molecule has 0 bridgehead atoms. The lowest BCUT2D eigenvalue weighted by atomic mass is 9.98. The van der Waals surface area contributed by atoms with Gasteiger partial charge in [0.05, 0.1) is 12.5 Å². The molecule has 1 fully saturated rings. The van der Waals surface area contributed by atoms with Crippen LogP contribution in [-0.4, -0.2) is 58.6 Å². The van der Waals surface area contributed by atoms with Gasteiger partial charge in [-0.1, -0.05) is 11.6 Å². The standard InChI is InChI=1S/C19H20ClNO5S/c1-27-19-16(17(24)11-4-6-12(20)7-5-11)14(9-15(22)23)18(25)21(19)10-13-3-2-8-26-13/h4-7,13,19H,2-3,8-10H2,1H3,(H,22,23)/t13-,19+/m0/s1. The van der Waals surface area contributed by atoms with Crippen molar-refractivity contribution in [3.63, 3.8) is 0 Å². The Morgan fingerprint density at radius 2 is 2.04 bits per heavy atom. The van der Waals surface area contributed by atoms with Gasteiger partial charge in [-0.05, 0) is 43.4 Å². The average molecular weight is 410 g/mol. The summed E-state index contributed by atoms with van der Waals surface area (Å²) in [5.41, 5.74) is 0.679. The Bertz CT molecular complexity index is 786. The summed E-state index contributed by atoms with van der Waals surface area (Å²) in [6.45, 7) is 1.01. The molecule has 1 aromatic carbocycles. The number of halogens is 1. The van der Waals surface area contributed by atoms with Crippen molar-refractivity contribution in [2.24, 2.45) is 0 Å². The number of carboxylic acid groups (broad SMARTS) is 1. The first kappa shape index (κ1) is 19.9. The minimum absolute atomic E-state index is 0.0554. The monoisotopic (exact) mass is 409 g/mol. The van der Waals surface area contributed by atoms with Crippen molar-refractivity contribution >= 4 is 41.0 Å². The molecule has 0 aliphatic carbocycles. The highest BCUT2D eigenvalue weighted by Crippen LogP contribution is 2.37. The smallest absolute Gasteiger partial charge is 0.308 e. The number of carbonyl (C=O) groups excluding carboxylic acids is 2. The van der Waals surface area contributed by atoms with E-state index >= 15 is 0 Å². The first-order chi connectivity index (χ1) is 12.9. The Kier molecular flexibility index (Phi) is 6.24. The molecule has 2 aliphatic heterocycles. The van der Waals surface area contributed by atoms with E-state index in [-0.39, 0.29) is 23.0 Å². The fourth-order valence-corrected chi connectivity index (χ4v) is 4.51. The third-order valence-electron chi connectivity index (χ3n) is 4.70. The highest BCUT2D eigenvalue weighted by molar-refractivity contribution is 7.99. The molecule has 144 valence electrons. The van der Waals surface area contributed by atoms with Crippen molar-refractivity contribution in [3.05, 3.63) is 46.0 Å². The minimum atomic E-state index is -1.14. The van der Waals surface area contributed by atoms with E-state index in [4.69, 9.17) is 16.3 Å². The number of hydrogen-bond acceptors (Lipinski definition) is 5. The van der Waals surface area contributed by atoms with Gasteiger partial charge in [0.2, 0.25) is 0 Å². The van der Waals surface area contributed by atoms with Crippen LogP contribution in [0.4, 0.5) is 0 Å². The van der Waals surface area contributed by atoms with Gasteiger partial charge in [-0.15, -0.1) is 11.8 Å². The third-order valence-corrected chi connectivity index (χ3v) is 5.89. The van der Waals surface area contributed by atoms with Gasteiger partial charge in [0.15, 0.2) is 5.78 Å². The first-order valence-corrected chi connectivity index (χ1v) is 10.3. The number of amides is 1. The van der Waals surface area contributed by atoms with Gasteiger partial charge in [-0.3, -0.25) is 14.4 Å². The summed E-state index contributed by atoms with van der Waals surface area (Å²) in [6.07, 6.45) is 3.02. The van der Waals surface area contributed by atoms with Crippen LogP contribution in [0.3, 0.4) is 0 Å². The van der Waals surface area contributed by atoms with E-state index in [0.717, 1.165) is 12.8 Å². The second-order valence-electron chi connectivity index (χ2n) is 6.48. The average Bonchev–Trinajstić information content (AvgIpc) is 3.23. The molecule has 2 aliphatic rings. The molecule has 2 atom stereocenters. The molecule has 0 unspecified atom stereocenters. The summed E-state index contributed by atoms with van der Waals surface area (Å²) in [6, 6.07) is 6.36. The normalized spacial score (nSPS) is 22.6. The molecular formula is C19H20ClNO5S. The number of carboxylic acids is 1. The number of rotatable bonds is 7.